The molecule has 7 heteroatoms. The van der Waals surface area contributed by atoms with Crippen LogP contribution >= 0.6 is 11.6 Å². The summed E-state index contributed by atoms with van der Waals surface area (Å²) in [6.07, 6.45) is 0. The molecule has 0 fully saturated rings. The van der Waals surface area contributed by atoms with E-state index in [2.05, 4.69) is 0 Å². The highest BCUT2D eigenvalue weighted by molar-refractivity contribution is 6.33. The third-order valence-corrected chi connectivity index (χ3v) is 4.18. The molecule has 0 bridgehead atoms. The zero-order chi connectivity index (χ0) is 18.9. The van der Waals surface area contributed by atoms with Crippen LogP contribution in [0.4, 0.5) is 8.78 Å². The molecule has 0 spiro atoms. The summed E-state index contributed by atoms with van der Waals surface area (Å²) in [6.45, 7) is 7.18. The number of rotatable bonds is 5. The molecule has 1 heterocycles. The molecule has 0 saturated heterocycles. The number of hydrogen-bond donors (Lipinski definition) is 0. The SMILES string of the molecule is Cc1cc(C(=O)COC(=O)c2cc(F)c(F)cc2Cl)c(C)n1C(C)C. The van der Waals surface area contributed by atoms with Gasteiger partial charge in [-0.25, -0.2) is 13.6 Å². The van der Waals surface area contributed by atoms with Crippen LogP contribution in [-0.2, 0) is 4.74 Å². The zero-order valence-electron chi connectivity index (χ0n) is 14.3. The number of carbonyl (C=O) groups excluding carboxylic acids is 2. The molecular formula is C18H18ClF2NO3. The fourth-order valence-electron chi connectivity index (χ4n) is 2.82. The molecule has 1 aromatic heterocycles. The van der Waals surface area contributed by atoms with Crippen LogP contribution < -0.4 is 0 Å². The molecule has 4 nitrogen and oxygen atoms in total. The third-order valence-electron chi connectivity index (χ3n) is 3.87. The minimum atomic E-state index is -1.22. The van der Waals surface area contributed by atoms with Crippen LogP contribution in [0.5, 0.6) is 0 Å². The molecule has 134 valence electrons. The number of halogens is 3. The number of hydrogen-bond acceptors (Lipinski definition) is 3. The van der Waals surface area contributed by atoms with Crippen molar-refractivity contribution >= 4 is 23.4 Å². The van der Waals surface area contributed by atoms with E-state index in [-0.39, 0.29) is 22.4 Å². The van der Waals surface area contributed by atoms with E-state index in [1.54, 1.807) is 6.07 Å². The Hall–Kier alpha value is -2.21. The lowest BCUT2D eigenvalue weighted by Gasteiger charge is -2.13. The van der Waals surface area contributed by atoms with Crippen molar-refractivity contribution in [3.05, 3.63) is 57.4 Å². The third kappa shape index (κ3) is 3.90. The summed E-state index contributed by atoms with van der Waals surface area (Å²) >= 11 is 5.72. The van der Waals surface area contributed by atoms with Gasteiger partial charge in [0, 0.05) is 23.0 Å². The fourth-order valence-corrected chi connectivity index (χ4v) is 3.05. The van der Waals surface area contributed by atoms with Crippen LogP contribution in [0.2, 0.25) is 5.02 Å². The Labute approximate surface area is 149 Å². The fraction of sp³-hybridized carbons (Fsp3) is 0.333. The summed E-state index contributed by atoms with van der Waals surface area (Å²) in [5.74, 6) is -3.76. The normalized spacial score (nSPS) is 11.0. The van der Waals surface area contributed by atoms with Crippen molar-refractivity contribution in [2.75, 3.05) is 6.61 Å². The number of benzene rings is 1. The van der Waals surface area contributed by atoms with Crippen molar-refractivity contribution in [3.8, 4) is 0 Å². The first-order valence-corrected chi connectivity index (χ1v) is 8.04. The molecule has 0 saturated carbocycles. The number of carbonyl (C=O) groups is 2. The van der Waals surface area contributed by atoms with Crippen LogP contribution in [0, 0.1) is 25.5 Å². The molecule has 0 amide bonds. The van der Waals surface area contributed by atoms with Gasteiger partial charge in [0.1, 0.15) is 0 Å². The molecule has 25 heavy (non-hydrogen) atoms. The predicted octanol–water partition coefficient (Wildman–Crippen LogP) is 4.66. The maximum atomic E-state index is 13.2. The second kappa shape index (κ2) is 7.35. The van der Waals surface area contributed by atoms with Crippen molar-refractivity contribution in [1.82, 2.24) is 4.57 Å². The van der Waals surface area contributed by atoms with Crippen molar-refractivity contribution in [2.24, 2.45) is 0 Å². The van der Waals surface area contributed by atoms with Gasteiger partial charge < -0.3 is 9.30 Å². The zero-order valence-corrected chi connectivity index (χ0v) is 15.1. The van der Waals surface area contributed by atoms with Crippen LogP contribution in [0.25, 0.3) is 0 Å². The Bertz CT molecular complexity index is 843. The lowest BCUT2D eigenvalue weighted by molar-refractivity contribution is 0.0474. The van der Waals surface area contributed by atoms with Crippen molar-refractivity contribution in [1.29, 1.82) is 0 Å². The average Bonchev–Trinajstić information content (AvgIpc) is 2.83. The second-order valence-electron chi connectivity index (χ2n) is 5.99. The van der Waals surface area contributed by atoms with Crippen LogP contribution in [-0.4, -0.2) is 22.9 Å². The first-order chi connectivity index (χ1) is 11.6. The summed E-state index contributed by atoms with van der Waals surface area (Å²) in [5.41, 5.74) is 1.82. The molecule has 0 aliphatic heterocycles. The highest BCUT2D eigenvalue weighted by Gasteiger charge is 2.21. The highest BCUT2D eigenvalue weighted by atomic mass is 35.5. The van der Waals surface area contributed by atoms with Gasteiger partial charge >= 0.3 is 5.97 Å². The van der Waals surface area contributed by atoms with Gasteiger partial charge in [-0.3, -0.25) is 4.79 Å². The standard InChI is InChI=1S/C18H18ClF2NO3/c1-9(2)22-10(3)5-12(11(22)4)17(23)8-25-18(24)13-6-15(20)16(21)7-14(13)19/h5-7,9H,8H2,1-4H3. The van der Waals surface area contributed by atoms with E-state index in [9.17, 15) is 18.4 Å². The van der Waals surface area contributed by atoms with Gasteiger partial charge in [-0.15, -0.1) is 0 Å². The van der Waals surface area contributed by atoms with Crippen LogP contribution in [0.3, 0.4) is 0 Å². The van der Waals surface area contributed by atoms with Crippen molar-refractivity contribution < 1.29 is 23.1 Å². The number of aryl methyl sites for hydroxylation is 1. The molecule has 0 N–H and O–H groups in total. The number of esters is 1. The monoisotopic (exact) mass is 369 g/mol. The summed E-state index contributed by atoms with van der Waals surface area (Å²) in [4.78, 5) is 24.3. The summed E-state index contributed by atoms with van der Waals surface area (Å²) in [6, 6.07) is 3.25. The lowest BCUT2D eigenvalue weighted by atomic mass is 10.1. The second-order valence-corrected chi connectivity index (χ2v) is 6.40. The van der Waals surface area contributed by atoms with E-state index in [0.29, 0.717) is 17.7 Å². The molecule has 0 unspecified atom stereocenters. The highest BCUT2D eigenvalue weighted by Crippen LogP contribution is 2.22. The summed E-state index contributed by atoms with van der Waals surface area (Å²) in [5, 5.41) is -0.283. The predicted molar refractivity (Wildman–Crippen MR) is 90.3 cm³/mol. The number of nitrogens with zero attached hydrogens (tertiary/aromatic N) is 1. The minimum Gasteiger partial charge on any atom is -0.454 e. The van der Waals surface area contributed by atoms with E-state index in [0.717, 1.165) is 11.4 Å². The van der Waals surface area contributed by atoms with Gasteiger partial charge in [0.2, 0.25) is 5.78 Å². The Morgan fingerprint density at radius 2 is 1.72 bits per heavy atom. The van der Waals surface area contributed by atoms with E-state index in [1.807, 2.05) is 32.3 Å². The molecule has 0 radical (unpaired) electrons. The molecular weight excluding hydrogens is 352 g/mol. The van der Waals surface area contributed by atoms with Crippen molar-refractivity contribution in [2.45, 2.75) is 33.7 Å². The number of Topliss-reactive ketones (excluding diaryl/α,β-unsaturated/α-hetero) is 1. The maximum Gasteiger partial charge on any atom is 0.340 e. The van der Waals surface area contributed by atoms with Gasteiger partial charge in [0.15, 0.2) is 18.2 Å². The molecule has 2 aromatic rings. The van der Waals surface area contributed by atoms with Gasteiger partial charge in [-0.2, -0.15) is 0 Å². The van der Waals surface area contributed by atoms with Gasteiger partial charge in [-0.05, 0) is 45.9 Å². The number of ketones is 1. The van der Waals surface area contributed by atoms with E-state index >= 15 is 0 Å². The molecule has 0 aliphatic rings. The lowest BCUT2D eigenvalue weighted by Crippen LogP contribution is -2.16. The first kappa shape index (κ1) is 19.1. The van der Waals surface area contributed by atoms with Gasteiger partial charge in [-0.1, -0.05) is 11.6 Å². The van der Waals surface area contributed by atoms with Crippen LogP contribution in [0.1, 0.15) is 52.0 Å². The van der Waals surface area contributed by atoms with Crippen molar-refractivity contribution in [3.63, 3.8) is 0 Å². The Balaban J connectivity index is 2.14. The van der Waals surface area contributed by atoms with E-state index in [4.69, 9.17) is 16.3 Å². The Kier molecular flexibility index (Phi) is 5.62. The van der Waals surface area contributed by atoms with Gasteiger partial charge in [0.25, 0.3) is 0 Å². The van der Waals surface area contributed by atoms with Crippen LogP contribution in [0.15, 0.2) is 18.2 Å². The quantitative estimate of drug-likeness (QED) is 0.437. The van der Waals surface area contributed by atoms with E-state index in [1.165, 1.54) is 0 Å². The number of aromatic nitrogens is 1. The Morgan fingerprint density at radius 1 is 1.12 bits per heavy atom. The molecule has 0 atom stereocenters. The summed E-state index contributed by atoms with van der Waals surface area (Å²) < 4.78 is 33.2. The minimum absolute atomic E-state index is 0.185. The largest absolute Gasteiger partial charge is 0.454 e. The molecule has 0 aliphatic carbocycles. The number of ether oxygens (including phenoxy) is 1. The summed E-state index contributed by atoms with van der Waals surface area (Å²) in [7, 11) is 0. The van der Waals surface area contributed by atoms with Gasteiger partial charge in [0.05, 0.1) is 10.6 Å². The topological polar surface area (TPSA) is 48.3 Å². The van der Waals surface area contributed by atoms with E-state index < -0.39 is 24.2 Å². The molecule has 2 rings (SSSR count). The Morgan fingerprint density at radius 3 is 2.28 bits per heavy atom. The first-order valence-electron chi connectivity index (χ1n) is 7.66. The maximum absolute atomic E-state index is 13.2. The smallest absolute Gasteiger partial charge is 0.340 e. The average molecular weight is 370 g/mol. The molecule has 1 aromatic carbocycles.